The Bertz CT molecular complexity index is 898. The van der Waals surface area contributed by atoms with Crippen LogP contribution >= 0.6 is 11.3 Å². The fourth-order valence-corrected chi connectivity index (χ4v) is 4.96. The highest BCUT2D eigenvalue weighted by Crippen LogP contribution is 2.38. The molecule has 1 saturated heterocycles. The highest BCUT2D eigenvalue weighted by Gasteiger charge is 2.25. The molecule has 3 aromatic rings. The zero-order valence-corrected chi connectivity index (χ0v) is 16.3. The summed E-state index contributed by atoms with van der Waals surface area (Å²) < 4.78 is 6.05. The van der Waals surface area contributed by atoms with Crippen molar-refractivity contribution < 1.29 is 4.74 Å². The van der Waals surface area contributed by atoms with E-state index in [2.05, 4.69) is 45.6 Å². The summed E-state index contributed by atoms with van der Waals surface area (Å²) in [5.74, 6) is 1.79. The molecule has 4 nitrogen and oxygen atoms in total. The lowest BCUT2D eigenvalue weighted by molar-refractivity contribution is -0.0192. The quantitative estimate of drug-likeness (QED) is 0.615. The van der Waals surface area contributed by atoms with Crippen LogP contribution in [0.4, 0.5) is 5.82 Å². The van der Waals surface area contributed by atoms with E-state index in [4.69, 9.17) is 9.72 Å². The van der Waals surface area contributed by atoms with Gasteiger partial charge in [0.05, 0.1) is 11.5 Å². The number of piperidine rings is 1. The van der Waals surface area contributed by atoms with Crippen LogP contribution in [-0.2, 0) is 4.74 Å². The van der Waals surface area contributed by atoms with Gasteiger partial charge in [-0.25, -0.2) is 9.97 Å². The first-order chi connectivity index (χ1) is 13.4. The fourth-order valence-electron chi connectivity index (χ4n) is 4.05. The number of aromatic nitrogens is 2. The number of thiophene rings is 1. The van der Waals surface area contributed by atoms with Crippen molar-refractivity contribution in [3.63, 3.8) is 0 Å². The lowest BCUT2D eigenvalue weighted by Gasteiger charge is -2.34. The Hall–Kier alpha value is -1.98. The predicted molar refractivity (Wildman–Crippen MR) is 111 cm³/mol. The van der Waals surface area contributed by atoms with Crippen molar-refractivity contribution in [3.8, 4) is 11.1 Å². The second-order valence-electron chi connectivity index (χ2n) is 7.71. The van der Waals surface area contributed by atoms with Crippen LogP contribution in [0.3, 0.4) is 0 Å². The first kappa shape index (κ1) is 17.1. The minimum absolute atomic E-state index is 0.545. The first-order valence-electron chi connectivity index (χ1n) is 10.0. The molecule has 0 amide bonds. The summed E-state index contributed by atoms with van der Waals surface area (Å²) in [4.78, 5) is 12.7. The van der Waals surface area contributed by atoms with Gasteiger partial charge in [-0.3, -0.25) is 0 Å². The molecule has 1 aromatic carbocycles. The van der Waals surface area contributed by atoms with Gasteiger partial charge in [0, 0.05) is 30.6 Å². The molecule has 27 heavy (non-hydrogen) atoms. The normalized spacial score (nSPS) is 18.7. The monoisotopic (exact) mass is 379 g/mol. The zero-order chi connectivity index (χ0) is 18.1. The van der Waals surface area contributed by atoms with Gasteiger partial charge in [-0.1, -0.05) is 30.3 Å². The first-order valence-corrected chi connectivity index (χ1v) is 10.9. The van der Waals surface area contributed by atoms with Crippen LogP contribution in [0.15, 0.2) is 42.0 Å². The Morgan fingerprint density at radius 3 is 2.59 bits per heavy atom. The fraction of sp³-hybridized carbons (Fsp3) is 0.455. The van der Waals surface area contributed by atoms with Gasteiger partial charge in [-0.15, -0.1) is 11.3 Å². The molecule has 0 radical (unpaired) electrons. The van der Waals surface area contributed by atoms with E-state index in [9.17, 15) is 0 Å². The smallest absolute Gasteiger partial charge is 0.141 e. The summed E-state index contributed by atoms with van der Waals surface area (Å²) >= 11 is 1.71. The van der Waals surface area contributed by atoms with Gasteiger partial charge < -0.3 is 9.64 Å². The molecule has 3 heterocycles. The highest BCUT2D eigenvalue weighted by molar-refractivity contribution is 7.17. The van der Waals surface area contributed by atoms with Gasteiger partial charge in [-0.05, 0) is 43.6 Å². The van der Waals surface area contributed by atoms with Gasteiger partial charge >= 0.3 is 0 Å². The van der Waals surface area contributed by atoms with E-state index < -0.39 is 0 Å². The topological polar surface area (TPSA) is 38.2 Å². The molecule has 0 N–H and O–H groups in total. The average molecular weight is 380 g/mol. The molecule has 140 valence electrons. The number of anilines is 1. The Morgan fingerprint density at radius 1 is 1.04 bits per heavy atom. The van der Waals surface area contributed by atoms with E-state index in [1.165, 1.54) is 48.6 Å². The van der Waals surface area contributed by atoms with Crippen LogP contribution in [-0.4, -0.2) is 35.8 Å². The molecule has 1 aliphatic carbocycles. The number of hydrogen-bond donors (Lipinski definition) is 0. The van der Waals surface area contributed by atoms with Crippen molar-refractivity contribution in [1.82, 2.24) is 9.97 Å². The molecule has 1 aliphatic heterocycles. The molecule has 0 unspecified atom stereocenters. The SMILES string of the molecule is c1ccc(-c2csc3ncnc(N4CCC(COC5CCC5)CC4)c23)cc1. The minimum atomic E-state index is 0.545. The summed E-state index contributed by atoms with van der Waals surface area (Å²) in [5, 5.41) is 3.43. The predicted octanol–water partition coefficient (Wildman–Crippen LogP) is 5.14. The van der Waals surface area contributed by atoms with Gasteiger partial charge in [0.15, 0.2) is 0 Å². The molecule has 5 rings (SSSR count). The van der Waals surface area contributed by atoms with Crippen molar-refractivity contribution in [3.05, 3.63) is 42.0 Å². The Kier molecular flexibility index (Phi) is 4.80. The van der Waals surface area contributed by atoms with E-state index in [0.717, 1.165) is 30.3 Å². The van der Waals surface area contributed by atoms with Crippen LogP contribution in [0.25, 0.3) is 21.3 Å². The molecule has 5 heteroatoms. The van der Waals surface area contributed by atoms with Gasteiger partial charge in [0.1, 0.15) is 17.0 Å². The number of ether oxygens (including phenoxy) is 1. The second-order valence-corrected chi connectivity index (χ2v) is 8.57. The molecular weight excluding hydrogens is 354 g/mol. The van der Waals surface area contributed by atoms with Gasteiger partial charge in [-0.2, -0.15) is 0 Å². The highest BCUT2D eigenvalue weighted by atomic mass is 32.1. The van der Waals surface area contributed by atoms with E-state index >= 15 is 0 Å². The average Bonchev–Trinajstić information content (AvgIpc) is 3.12. The molecule has 2 aliphatic rings. The van der Waals surface area contributed by atoms with Crippen molar-refractivity contribution in [1.29, 1.82) is 0 Å². The molecule has 0 atom stereocenters. The number of benzene rings is 1. The second kappa shape index (κ2) is 7.56. The van der Waals surface area contributed by atoms with Crippen molar-refractivity contribution >= 4 is 27.4 Å². The molecule has 1 saturated carbocycles. The third kappa shape index (κ3) is 3.46. The van der Waals surface area contributed by atoms with Crippen LogP contribution in [0.5, 0.6) is 0 Å². The van der Waals surface area contributed by atoms with Crippen molar-refractivity contribution in [2.24, 2.45) is 5.92 Å². The maximum atomic E-state index is 6.05. The maximum Gasteiger partial charge on any atom is 0.141 e. The zero-order valence-electron chi connectivity index (χ0n) is 15.5. The molecule has 2 aromatic heterocycles. The Balaban J connectivity index is 1.35. The van der Waals surface area contributed by atoms with E-state index in [-0.39, 0.29) is 0 Å². The van der Waals surface area contributed by atoms with Gasteiger partial charge in [0.2, 0.25) is 0 Å². The standard InChI is InChI=1S/C22H25N3OS/c1-2-5-17(6-3-1)19-14-27-22-20(19)21(23-15-24-22)25-11-9-16(10-12-25)13-26-18-7-4-8-18/h1-3,5-6,14-16,18H,4,7-13H2. The number of rotatable bonds is 5. The third-order valence-electron chi connectivity index (χ3n) is 5.97. The third-order valence-corrected chi connectivity index (χ3v) is 6.86. The summed E-state index contributed by atoms with van der Waals surface area (Å²) in [6.07, 6.45) is 8.50. The number of fused-ring (bicyclic) bond motifs is 1. The largest absolute Gasteiger partial charge is 0.378 e. The molecule has 0 bridgehead atoms. The van der Waals surface area contributed by atoms with E-state index in [0.29, 0.717) is 12.0 Å². The number of nitrogens with zero attached hydrogens (tertiary/aromatic N) is 3. The van der Waals surface area contributed by atoms with Crippen molar-refractivity contribution in [2.75, 3.05) is 24.6 Å². The molecule has 0 spiro atoms. The maximum absolute atomic E-state index is 6.05. The van der Waals surface area contributed by atoms with Crippen LogP contribution in [0.1, 0.15) is 32.1 Å². The summed E-state index contributed by atoms with van der Waals surface area (Å²) in [5.41, 5.74) is 2.49. The lowest BCUT2D eigenvalue weighted by atomic mass is 9.94. The molecular formula is C22H25N3OS. The summed E-state index contributed by atoms with van der Waals surface area (Å²) in [6.45, 7) is 3.04. The summed E-state index contributed by atoms with van der Waals surface area (Å²) in [6, 6.07) is 10.6. The molecule has 2 fully saturated rings. The van der Waals surface area contributed by atoms with E-state index in [1.54, 1.807) is 17.7 Å². The Labute approximate surface area is 164 Å². The summed E-state index contributed by atoms with van der Waals surface area (Å²) in [7, 11) is 0. The number of hydrogen-bond acceptors (Lipinski definition) is 5. The minimum Gasteiger partial charge on any atom is -0.378 e. The van der Waals surface area contributed by atoms with Gasteiger partial charge in [0.25, 0.3) is 0 Å². The Morgan fingerprint density at radius 2 is 1.85 bits per heavy atom. The van der Waals surface area contributed by atoms with Crippen molar-refractivity contribution in [2.45, 2.75) is 38.2 Å². The van der Waals surface area contributed by atoms with Crippen LogP contribution < -0.4 is 4.90 Å². The van der Waals surface area contributed by atoms with E-state index in [1.807, 2.05) is 0 Å². The van der Waals surface area contributed by atoms with Crippen LogP contribution in [0, 0.1) is 5.92 Å². The lowest BCUT2D eigenvalue weighted by Crippen LogP contribution is -2.36. The van der Waals surface area contributed by atoms with Crippen LogP contribution in [0.2, 0.25) is 0 Å².